The average Bonchev–Trinajstić information content (AvgIpc) is 2.42. The summed E-state index contributed by atoms with van der Waals surface area (Å²) in [6, 6.07) is 5.83. The third-order valence-corrected chi connectivity index (χ3v) is 4.22. The van der Waals surface area contributed by atoms with Crippen LogP contribution in [0, 0.1) is 11.8 Å². The quantitative estimate of drug-likeness (QED) is 0.810. The van der Waals surface area contributed by atoms with Crippen LogP contribution in [0.1, 0.15) is 25.0 Å². The van der Waals surface area contributed by atoms with Crippen molar-refractivity contribution in [2.45, 2.75) is 31.0 Å². The molecule has 1 aromatic rings. The van der Waals surface area contributed by atoms with E-state index in [1.807, 2.05) is 25.1 Å². The molecule has 19 heavy (non-hydrogen) atoms. The van der Waals surface area contributed by atoms with Crippen LogP contribution in [0.5, 0.6) is 5.75 Å². The van der Waals surface area contributed by atoms with Crippen LogP contribution in [0.2, 0.25) is 0 Å². The van der Waals surface area contributed by atoms with Gasteiger partial charge in [-0.15, -0.1) is 0 Å². The Hall–Kier alpha value is -1.15. The molecule has 1 rings (SSSR count). The Morgan fingerprint density at radius 1 is 1.42 bits per heavy atom. The highest BCUT2D eigenvalue weighted by Crippen LogP contribution is 2.25. The van der Waals surface area contributed by atoms with Crippen molar-refractivity contribution in [2.75, 3.05) is 13.7 Å². The topological polar surface area (TPSA) is 55.5 Å². The largest absolute Gasteiger partial charge is 0.497 e. The second-order valence-electron chi connectivity index (χ2n) is 4.29. The number of benzene rings is 1. The zero-order valence-electron chi connectivity index (χ0n) is 11.6. The maximum Gasteiger partial charge on any atom is 0.119 e. The molecule has 0 spiro atoms. The van der Waals surface area contributed by atoms with Crippen LogP contribution in [0.3, 0.4) is 0 Å². The first-order valence-corrected chi connectivity index (χ1v) is 7.29. The maximum atomic E-state index is 9.52. The van der Waals surface area contributed by atoms with Crippen molar-refractivity contribution in [2.24, 2.45) is 5.73 Å². The zero-order chi connectivity index (χ0) is 14.3. The zero-order valence-corrected chi connectivity index (χ0v) is 12.5. The standard InChI is InChI=1S/C15H21NO2S/c1-11(17)12(2)19-10-14-9-15(18-3)7-6-13(14)5-4-8-16/h6-7,9,11-12,17H,8,10,16H2,1-3H3. The summed E-state index contributed by atoms with van der Waals surface area (Å²) in [5.41, 5.74) is 7.49. The Morgan fingerprint density at radius 3 is 2.74 bits per heavy atom. The van der Waals surface area contributed by atoms with E-state index in [2.05, 4.69) is 11.8 Å². The molecule has 104 valence electrons. The first-order valence-electron chi connectivity index (χ1n) is 6.24. The molecule has 0 fully saturated rings. The minimum Gasteiger partial charge on any atom is -0.497 e. The summed E-state index contributed by atoms with van der Waals surface area (Å²) in [6.45, 7) is 4.17. The molecule has 2 atom stereocenters. The van der Waals surface area contributed by atoms with Crippen molar-refractivity contribution in [1.82, 2.24) is 0 Å². The second-order valence-corrected chi connectivity index (χ2v) is 5.65. The van der Waals surface area contributed by atoms with Crippen LogP contribution in [0.15, 0.2) is 18.2 Å². The molecule has 4 heteroatoms. The van der Waals surface area contributed by atoms with Gasteiger partial charge in [-0.05, 0) is 30.7 Å². The molecule has 0 aliphatic carbocycles. The first kappa shape index (κ1) is 15.9. The number of nitrogens with two attached hydrogens (primary N) is 1. The molecular formula is C15H21NO2S. The lowest BCUT2D eigenvalue weighted by Gasteiger charge is -2.15. The van der Waals surface area contributed by atoms with E-state index in [4.69, 9.17) is 10.5 Å². The van der Waals surface area contributed by atoms with E-state index in [0.29, 0.717) is 6.54 Å². The van der Waals surface area contributed by atoms with Gasteiger partial charge < -0.3 is 15.6 Å². The summed E-state index contributed by atoms with van der Waals surface area (Å²) >= 11 is 1.70. The van der Waals surface area contributed by atoms with Crippen LogP contribution >= 0.6 is 11.8 Å². The first-order chi connectivity index (χ1) is 9.08. The molecule has 3 nitrogen and oxygen atoms in total. The van der Waals surface area contributed by atoms with Crippen LogP contribution in [-0.2, 0) is 5.75 Å². The number of methoxy groups -OCH3 is 1. The summed E-state index contributed by atoms with van der Waals surface area (Å²) in [5.74, 6) is 7.55. The predicted octanol–water partition coefficient (Wildman–Crippen LogP) is 2.01. The third kappa shape index (κ3) is 5.15. The number of rotatable bonds is 5. The lowest BCUT2D eigenvalue weighted by molar-refractivity contribution is 0.196. The molecule has 0 aliphatic rings. The van der Waals surface area contributed by atoms with E-state index < -0.39 is 0 Å². The molecule has 1 aromatic carbocycles. The molecule has 0 saturated carbocycles. The maximum absolute atomic E-state index is 9.52. The minimum atomic E-state index is -0.325. The van der Waals surface area contributed by atoms with Crippen molar-refractivity contribution in [3.05, 3.63) is 29.3 Å². The SMILES string of the molecule is COc1ccc(C#CCN)c(CSC(C)C(C)O)c1. The van der Waals surface area contributed by atoms with Gasteiger partial charge in [0.15, 0.2) is 0 Å². The van der Waals surface area contributed by atoms with Gasteiger partial charge in [0, 0.05) is 16.6 Å². The number of hydrogen-bond donors (Lipinski definition) is 2. The fourth-order valence-electron chi connectivity index (χ4n) is 1.45. The monoisotopic (exact) mass is 279 g/mol. The summed E-state index contributed by atoms with van der Waals surface area (Å²) in [5, 5.41) is 9.70. The molecule has 0 bridgehead atoms. The molecule has 2 unspecified atom stereocenters. The molecule has 0 amide bonds. The van der Waals surface area contributed by atoms with Gasteiger partial charge in [0.2, 0.25) is 0 Å². The van der Waals surface area contributed by atoms with Gasteiger partial charge in [-0.2, -0.15) is 11.8 Å². The van der Waals surface area contributed by atoms with Gasteiger partial charge in [0.05, 0.1) is 19.8 Å². The molecule has 0 radical (unpaired) electrons. The number of ether oxygens (including phenoxy) is 1. The highest BCUT2D eigenvalue weighted by atomic mass is 32.2. The van der Waals surface area contributed by atoms with E-state index in [-0.39, 0.29) is 11.4 Å². The lowest BCUT2D eigenvalue weighted by atomic mass is 10.1. The van der Waals surface area contributed by atoms with E-state index >= 15 is 0 Å². The summed E-state index contributed by atoms with van der Waals surface area (Å²) in [4.78, 5) is 0. The minimum absolute atomic E-state index is 0.182. The van der Waals surface area contributed by atoms with E-state index in [1.54, 1.807) is 25.8 Å². The number of aliphatic hydroxyl groups is 1. The highest BCUT2D eigenvalue weighted by Gasteiger charge is 2.11. The number of thioether (sulfide) groups is 1. The normalized spacial score (nSPS) is 13.3. The molecule has 0 saturated heterocycles. The number of aliphatic hydroxyl groups excluding tert-OH is 1. The van der Waals surface area contributed by atoms with Gasteiger partial charge in [0.25, 0.3) is 0 Å². The second kappa shape index (κ2) is 8.11. The molecular weight excluding hydrogens is 258 g/mol. The average molecular weight is 279 g/mol. The summed E-state index contributed by atoms with van der Waals surface area (Å²) < 4.78 is 5.24. The molecule has 0 aromatic heterocycles. The highest BCUT2D eigenvalue weighted by molar-refractivity contribution is 7.99. The third-order valence-electron chi connectivity index (χ3n) is 2.82. The Bertz CT molecular complexity index is 463. The van der Waals surface area contributed by atoms with Gasteiger partial charge >= 0.3 is 0 Å². The lowest BCUT2D eigenvalue weighted by Crippen LogP contribution is -2.15. The van der Waals surface area contributed by atoms with Gasteiger partial charge in [-0.3, -0.25) is 0 Å². The fourth-order valence-corrected chi connectivity index (χ4v) is 2.40. The summed E-state index contributed by atoms with van der Waals surface area (Å²) in [7, 11) is 1.65. The number of hydrogen-bond acceptors (Lipinski definition) is 4. The van der Waals surface area contributed by atoms with Crippen LogP contribution in [0.25, 0.3) is 0 Å². The Labute approximate surface area is 119 Å². The Balaban J connectivity index is 2.88. The smallest absolute Gasteiger partial charge is 0.119 e. The van der Waals surface area contributed by atoms with Crippen molar-refractivity contribution in [3.8, 4) is 17.6 Å². The molecule has 3 N–H and O–H groups in total. The molecule has 0 heterocycles. The molecule has 0 aliphatic heterocycles. The van der Waals surface area contributed by atoms with E-state index in [0.717, 1.165) is 22.6 Å². The van der Waals surface area contributed by atoms with Gasteiger partial charge in [0.1, 0.15) is 5.75 Å². The summed E-state index contributed by atoms with van der Waals surface area (Å²) in [6.07, 6.45) is -0.325. The fraction of sp³-hybridized carbons (Fsp3) is 0.467. The van der Waals surface area contributed by atoms with Crippen molar-refractivity contribution < 1.29 is 9.84 Å². The van der Waals surface area contributed by atoms with E-state index in [1.165, 1.54) is 0 Å². The Kier molecular flexibility index (Phi) is 6.79. The van der Waals surface area contributed by atoms with Crippen LogP contribution in [-0.4, -0.2) is 30.1 Å². The Morgan fingerprint density at radius 2 is 2.16 bits per heavy atom. The van der Waals surface area contributed by atoms with Crippen molar-refractivity contribution in [1.29, 1.82) is 0 Å². The predicted molar refractivity (Wildman–Crippen MR) is 81.4 cm³/mol. The van der Waals surface area contributed by atoms with Crippen molar-refractivity contribution >= 4 is 11.8 Å². The van der Waals surface area contributed by atoms with Crippen molar-refractivity contribution in [3.63, 3.8) is 0 Å². The van der Waals surface area contributed by atoms with Crippen LogP contribution in [0.4, 0.5) is 0 Å². The van der Waals surface area contributed by atoms with E-state index in [9.17, 15) is 5.11 Å². The van der Waals surface area contributed by atoms with Crippen LogP contribution < -0.4 is 10.5 Å². The van der Waals surface area contributed by atoms with Gasteiger partial charge in [-0.1, -0.05) is 18.8 Å². The van der Waals surface area contributed by atoms with Gasteiger partial charge in [-0.25, -0.2) is 0 Å².